The van der Waals surface area contributed by atoms with Crippen molar-refractivity contribution in [2.24, 2.45) is 17.3 Å². The van der Waals surface area contributed by atoms with Gasteiger partial charge in [0.05, 0.1) is 5.41 Å². The fourth-order valence-electron chi connectivity index (χ4n) is 2.35. The third kappa shape index (κ3) is 5.00. The molecule has 19 heavy (non-hydrogen) atoms. The zero-order valence-corrected chi connectivity index (χ0v) is 13.5. The van der Waals surface area contributed by atoms with Crippen LogP contribution in [0.25, 0.3) is 0 Å². The maximum absolute atomic E-state index is 12.0. The molecule has 0 aromatic rings. The van der Waals surface area contributed by atoms with Gasteiger partial charge in [0.1, 0.15) is 5.76 Å². The molecule has 0 radical (unpaired) electrons. The van der Waals surface area contributed by atoms with Gasteiger partial charge in [-0.25, -0.2) is 0 Å². The molecule has 0 heterocycles. The summed E-state index contributed by atoms with van der Waals surface area (Å²) in [5, 5.41) is 0. The Morgan fingerprint density at radius 2 is 1.84 bits per heavy atom. The topological polar surface area (TPSA) is 26.3 Å². The third-order valence-corrected chi connectivity index (χ3v) is 3.75. The van der Waals surface area contributed by atoms with Gasteiger partial charge in [0.25, 0.3) is 0 Å². The van der Waals surface area contributed by atoms with Crippen molar-refractivity contribution in [2.45, 2.75) is 73.6 Å². The van der Waals surface area contributed by atoms with Gasteiger partial charge >= 0.3 is 5.97 Å². The highest BCUT2D eigenvalue weighted by molar-refractivity contribution is 5.76. The van der Waals surface area contributed by atoms with Crippen molar-refractivity contribution in [1.82, 2.24) is 0 Å². The molecule has 0 bridgehead atoms. The van der Waals surface area contributed by atoms with Gasteiger partial charge in [-0.15, -0.1) is 0 Å². The van der Waals surface area contributed by atoms with Crippen LogP contribution in [0.3, 0.4) is 0 Å². The van der Waals surface area contributed by atoms with Gasteiger partial charge in [-0.1, -0.05) is 26.2 Å². The van der Waals surface area contributed by atoms with Crippen molar-refractivity contribution in [2.75, 3.05) is 0 Å². The summed E-state index contributed by atoms with van der Waals surface area (Å²) < 4.78 is 5.68. The van der Waals surface area contributed by atoms with Crippen LogP contribution in [0.15, 0.2) is 11.3 Å². The first-order valence-corrected chi connectivity index (χ1v) is 7.67. The van der Waals surface area contributed by atoms with E-state index in [2.05, 4.69) is 6.92 Å². The molecule has 1 aliphatic rings. The van der Waals surface area contributed by atoms with E-state index >= 15 is 0 Å². The molecule has 0 saturated heterocycles. The molecule has 1 saturated carbocycles. The second kappa shape index (κ2) is 6.58. The molecule has 2 atom stereocenters. The molecule has 0 aromatic heterocycles. The molecular weight excluding hydrogens is 236 g/mol. The SMILES string of the molecule is CCCCC[C@H]1C[C@H]1C(OC(=O)C(C)(C)C)=C(C)C. The van der Waals surface area contributed by atoms with Crippen LogP contribution in [-0.2, 0) is 9.53 Å². The Bertz CT molecular complexity index is 343. The van der Waals surface area contributed by atoms with Gasteiger partial charge in [0.15, 0.2) is 0 Å². The number of hydrogen-bond donors (Lipinski definition) is 0. The molecule has 0 amide bonds. The number of rotatable bonds is 6. The van der Waals surface area contributed by atoms with E-state index in [1.54, 1.807) is 0 Å². The molecule has 0 spiro atoms. The molecule has 1 aliphatic carbocycles. The molecule has 0 aromatic carbocycles. The maximum atomic E-state index is 12.0. The zero-order chi connectivity index (χ0) is 14.6. The van der Waals surface area contributed by atoms with Crippen molar-refractivity contribution in [3.63, 3.8) is 0 Å². The van der Waals surface area contributed by atoms with E-state index in [1.165, 1.54) is 32.1 Å². The van der Waals surface area contributed by atoms with Crippen molar-refractivity contribution < 1.29 is 9.53 Å². The first kappa shape index (κ1) is 16.3. The summed E-state index contributed by atoms with van der Waals surface area (Å²) in [5.74, 6) is 2.07. The number of allylic oxidation sites excluding steroid dienone is 2. The summed E-state index contributed by atoms with van der Waals surface area (Å²) in [6, 6.07) is 0. The van der Waals surface area contributed by atoms with Crippen LogP contribution in [-0.4, -0.2) is 5.97 Å². The number of carbonyl (C=O) groups excluding carboxylic acids is 1. The fourth-order valence-corrected chi connectivity index (χ4v) is 2.35. The molecular formula is C17H30O2. The summed E-state index contributed by atoms with van der Waals surface area (Å²) in [6.45, 7) is 12.0. The van der Waals surface area contributed by atoms with Gasteiger partial charge in [0, 0.05) is 5.92 Å². The minimum Gasteiger partial charge on any atom is -0.430 e. The maximum Gasteiger partial charge on any atom is 0.316 e. The molecule has 2 heteroatoms. The minimum atomic E-state index is -0.423. The van der Waals surface area contributed by atoms with E-state index < -0.39 is 5.41 Å². The largest absolute Gasteiger partial charge is 0.430 e. The lowest BCUT2D eigenvalue weighted by Gasteiger charge is -2.19. The predicted molar refractivity (Wildman–Crippen MR) is 79.7 cm³/mol. The molecule has 0 aliphatic heterocycles. The first-order valence-electron chi connectivity index (χ1n) is 7.67. The number of ether oxygens (including phenoxy) is 1. The van der Waals surface area contributed by atoms with Crippen LogP contribution in [0.2, 0.25) is 0 Å². The van der Waals surface area contributed by atoms with Gasteiger partial charge in [0.2, 0.25) is 0 Å². The van der Waals surface area contributed by atoms with Crippen LogP contribution in [0.1, 0.15) is 73.6 Å². The lowest BCUT2D eigenvalue weighted by Crippen LogP contribution is -2.23. The number of carbonyl (C=O) groups is 1. The first-order chi connectivity index (χ1) is 8.77. The van der Waals surface area contributed by atoms with Crippen molar-refractivity contribution in [1.29, 1.82) is 0 Å². The summed E-state index contributed by atoms with van der Waals surface area (Å²) in [6.07, 6.45) is 6.37. The molecule has 1 fully saturated rings. The normalized spacial score (nSPS) is 22.0. The third-order valence-electron chi connectivity index (χ3n) is 3.75. The molecule has 110 valence electrons. The Labute approximate surface area is 118 Å². The monoisotopic (exact) mass is 266 g/mol. The molecule has 2 nitrogen and oxygen atoms in total. The number of esters is 1. The van der Waals surface area contributed by atoms with Crippen LogP contribution in [0, 0.1) is 17.3 Å². The second-order valence-corrected chi connectivity index (χ2v) is 7.10. The van der Waals surface area contributed by atoms with Gasteiger partial charge < -0.3 is 4.74 Å². The van der Waals surface area contributed by atoms with Gasteiger partial charge in [-0.3, -0.25) is 4.79 Å². The van der Waals surface area contributed by atoms with E-state index in [9.17, 15) is 4.79 Å². The summed E-state index contributed by atoms with van der Waals surface area (Å²) in [4.78, 5) is 12.0. The van der Waals surface area contributed by atoms with E-state index in [-0.39, 0.29) is 5.97 Å². The Kier molecular flexibility index (Phi) is 5.64. The minimum absolute atomic E-state index is 0.108. The molecule has 0 unspecified atom stereocenters. The standard InChI is InChI=1S/C17H30O2/c1-7-8-9-10-13-11-14(13)15(12(2)3)19-16(18)17(4,5)6/h13-14H,7-11H2,1-6H3/t13-,14+/m0/s1. The van der Waals surface area contributed by atoms with Crippen LogP contribution < -0.4 is 0 Å². The van der Waals surface area contributed by atoms with Crippen molar-refractivity contribution >= 4 is 5.97 Å². The van der Waals surface area contributed by atoms with Crippen LogP contribution in [0.5, 0.6) is 0 Å². The Hall–Kier alpha value is -0.790. The Morgan fingerprint density at radius 3 is 2.32 bits per heavy atom. The van der Waals surface area contributed by atoms with E-state index in [0.717, 1.165) is 17.3 Å². The second-order valence-electron chi connectivity index (χ2n) is 7.10. The Balaban J connectivity index is 2.54. The van der Waals surface area contributed by atoms with Gasteiger partial charge in [-0.2, -0.15) is 0 Å². The Morgan fingerprint density at radius 1 is 1.21 bits per heavy atom. The zero-order valence-electron chi connectivity index (χ0n) is 13.5. The highest BCUT2D eigenvalue weighted by atomic mass is 16.5. The van der Waals surface area contributed by atoms with Gasteiger partial charge in [-0.05, 0) is 59.0 Å². The molecule has 0 N–H and O–H groups in total. The predicted octanol–water partition coefficient (Wildman–Crippen LogP) is 5.09. The summed E-state index contributed by atoms with van der Waals surface area (Å²) in [7, 11) is 0. The van der Waals surface area contributed by atoms with Crippen molar-refractivity contribution in [3.8, 4) is 0 Å². The van der Waals surface area contributed by atoms with Crippen molar-refractivity contribution in [3.05, 3.63) is 11.3 Å². The average Bonchev–Trinajstić information content (AvgIpc) is 3.03. The summed E-state index contributed by atoms with van der Waals surface area (Å²) in [5.41, 5.74) is 0.730. The van der Waals surface area contributed by atoms with Crippen LogP contribution >= 0.6 is 0 Å². The smallest absolute Gasteiger partial charge is 0.316 e. The van der Waals surface area contributed by atoms with E-state index in [1.807, 2.05) is 34.6 Å². The summed E-state index contributed by atoms with van der Waals surface area (Å²) >= 11 is 0. The van der Waals surface area contributed by atoms with Crippen LogP contribution in [0.4, 0.5) is 0 Å². The molecule has 1 rings (SSSR count). The average molecular weight is 266 g/mol. The lowest BCUT2D eigenvalue weighted by atomic mass is 9.97. The number of unbranched alkanes of at least 4 members (excludes halogenated alkanes) is 2. The number of hydrogen-bond acceptors (Lipinski definition) is 2. The fraction of sp³-hybridized carbons (Fsp3) is 0.824. The van der Waals surface area contributed by atoms with E-state index in [4.69, 9.17) is 4.74 Å². The lowest BCUT2D eigenvalue weighted by molar-refractivity contribution is -0.149. The highest BCUT2D eigenvalue weighted by Gasteiger charge is 2.42. The highest BCUT2D eigenvalue weighted by Crippen LogP contribution is 2.49. The van der Waals surface area contributed by atoms with E-state index in [0.29, 0.717) is 5.92 Å². The quantitative estimate of drug-likeness (QED) is 0.380.